The number of aryl methyl sites for hydroxylation is 1. The van der Waals surface area contributed by atoms with Gasteiger partial charge in [0.1, 0.15) is 0 Å². The maximum atomic E-state index is 11.2. The van der Waals surface area contributed by atoms with Crippen molar-refractivity contribution in [3.8, 4) is 0 Å². The number of esters is 1. The van der Waals surface area contributed by atoms with Gasteiger partial charge in [-0.15, -0.1) is 0 Å². The third-order valence-electron chi connectivity index (χ3n) is 2.79. The van der Waals surface area contributed by atoms with Gasteiger partial charge in [-0.05, 0) is 43.5 Å². The second-order valence-electron chi connectivity index (χ2n) is 3.99. The van der Waals surface area contributed by atoms with Gasteiger partial charge in [-0.3, -0.25) is 4.79 Å². The van der Waals surface area contributed by atoms with Gasteiger partial charge in [0, 0.05) is 24.3 Å². The first kappa shape index (κ1) is 11.7. The van der Waals surface area contributed by atoms with Crippen LogP contribution in [0.3, 0.4) is 0 Å². The highest BCUT2D eigenvalue weighted by atomic mass is 16.5. The average molecular weight is 231 g/mol. The Bertz CT molecular complexity index is 502. The number of ether oxygens (including phenoxy) is 1. The van der Waals surface area contributed by atoms with Gasteiger partial charge >= 0.3 is 5.97 Å². The second kappa shape index (κ2) is 5.53. The number of carbonyl (C=O) groups excluding carboxylic acids is 1. The van der Waals surface area contributed by atoms with Gasteiger partial charge in [0.05, 0.1) is 6.61 Å². The smallest absolute Gasteiger partial charge is 0.305 e. The largest absolute Gasteiger partial charge is 0.466 e. The van der Waals surface area contributed by atoms with E-state index in [9.17, 15) is 4.79 Å². The van der Waals surface area contributed by atoms with Crippen LogP contribution in [0.1, 0.15) is 25.3 Å². The summed E-state index contributed by atoms with van der Waals surface area (Å²) < 4.78 is 7.00. The Morgan fingerprint density at radius 3 is 3.00 bits per heavy atom. The van der Waals surface area contributed by atoms with Crippen LogP contribution in [-0.4, -0.2) is 17.0 Å². The van der Waals surface area contributed by atoms with E-state index in [-0.39, 0.29) is 5.97 Å². The molecule has 0 aromatic carbocycles. The molecule has 17 heavy (non-hydrogen) atoms. The highest BCUT2D eigenvalue weighted by Gasteiger charge is 2.04. The zero-order valence-electron chi connectivity index (χ0n) is 10.1. The summed E-state index contributed by atoms with van der Waals surface area (Å²) in [6.45, 7) is 2.30. The summed E-state index contributed by atoms with van der Waals surface area (Å²) in [5.41, 5.74) is 2.51. The fraction of sp³-hybridized carbons (Fsp3) is 0.357. The van der Waals surface area contributed by atoms with E-state index < -0.39 is 0 Å². The summed E-state index contributed by atoms with van der Waals surface area (Å²) >= 11 is 0. The van der Waals surface area contributed by atoms with Crippen LogP contribution in [0.25, 0.3) is 5.52 Å². The van der Waals surface area contributed by atoms with Crippen LogP contribution in [0, 0.1) is 0 Å². The number of nitrogens with zero attached hydrogens (tertiary/aromatic N) is 1. The van der Waals surface area contributed by atoms with Gasteiger partial charge in [-0.2, -0.15) is 0 Å². The second-order valence-corrected chi connectivity index (χ2v) is 3.99. The molecule has 0 aliphatic carbocycles. The Morgan fingerprint density at radius 2 is 2.18 bits per heavy atom. The quantitative estimate of drug-likeness (QED) is 0.741. The van der Waals surface area contributed by atoms with Crippen molar-refractivity contribution in [2.45, 2.75) is 26.2 Å². The lowest BCUT2D eigenvalue weighted by Crippen LogP contribution is -2.03. The molecule has 3 heteroatoms. The monoisotopic (exact) mass is 231 g/mol. The number of hydrogen-bond donors (Lipinski definition) is 0. The van der Waals surface area contributed by atoms with Crippen molar-refractivity contribution in [3.05, 3.63) is 42.2 Å². The molecule has 0 unspecified atom stereocenters. The Hall–Kier alpha value is -1.77. The van der Waals surface area contributed by atoms with Crippen LogP contribution in [0.4, 0.5) is 0 Å². The summed E-state index contributed by atoms with van der Waals surface area (Å²) in [5, 5.41) is 0. The molecular formula is C14H17NO2. The number of fused-ring (bicyclic) bond motifs is 1. The average Bonchev–Trinajstić information content (AvgIpc) is 2.73. The van der Waals surface area contributed by atoms with E-state index in [1.54, 1.807) is 0 Å². The van der Waals surface area contributed by atoms with E-state index in [0.717, 1.165) is 12.8 Å². The normalized spacial score (nSPS) is 10.6. The van der Waals surface area contributed by atoms with Gasteiger partial charge in [0.15, 0.2) is 0 Å². The Balaban J connectivity index is 1.93. The highest BCUT2D eigenvalue weighted by Crippen LogP contribution is 2.15. The van der Waals surface area contributed by atoms with E-state index >= 15 is 0 Å². The summed E-state index contributed by atoms with van der Waals surface area (Å²) in [4.78, 5) is 11.2. The first-order valence-corrected chi connectivity index (χ1v) is 6.01. The van der Waals surface area contributed by atoms with Crippen molar-refractivity contribution >= 4 is 11.5 Å². The maximum absolute atomic E-state index is 11.2. The van der Waals surface area contributed by atoms with E-state index in [1.165, 1.54) is 11.1 Å². The van der Waals surface area contributed by atoms with Crippen LogP contribution in [0.5, 0.6) is 0 Å². The van der Waals surface area contributed by atoms with Crippen LogP contribution in [-0.2, 0) is 16.0 Å². The lowest BCUT2D eigenvalue weighted by Gasteiger charge is -2.02. The first-order valence-electron chi connectivity index (χ1n) is 6.01. The van der Waals surface area contributed by atoms with E-state index in [4.69, 9.17) is 4.74 Å². The predicted octanol–water partition coefficient (Wildman–Crippen LogP) is 2.83. The van der Waals surface area contributed by atoms with Crippen molar-refractivity contribution < 1.29 is 9.53 Å². The molecule has 0 saturated heterocycles. The molecule has 2 aromatic rings. The molecule has 3 nitrogen and oxygen atoms in total. The van der Waals surface area contributed by atoms with Gasteiger partial charge in [0.25, 0.3) is 0 Å². The molecule has 0 spiro atoms. The summed E-state index contributed by atoms with van der Waals surface area (Å²) in [6.07, 6.45) is 6.34. The number of aromatic nitrogens is 1. The third-order valence-corrected chi connectivity index (χ3v) is 2.79. The van der Waals surface area contributed by atoms with Crippen LogP contribution < -0.4 is 0 Å². The molecule has 0 bridgehead atoms. The number of carbonyl (C=O) groups is 1. The molecule has 0 N–H and O–H groups in total. The SMILES string of the molecule is CCOC(=O)CCCc1ccn2ccccc12. The number of pyridine rings is 1. The fourth-order valence-electron chi connectivity index (χ4n) is 1.98. The minimum atomic E-state index is -0.101. The molecular weight excluding hydrogens is 214 g/mol. The molecule has 2 rings (SSSR count). The number of rotatable bonds is 5. The molecule has 0 fully saturated rings. The van der Waals surface area contributed by atoms with Crippen molar-refractivity contribution in [2.24, 2.45) is 0 Å². The highest BCUT2D eigenvalue weighted by molar-refractivity contribution is 5.69. The Kier molecular flexibility index (Phi) is 3.81. The Labute approximate surface area is 101 Å². The summed E-state index contributed by atoms with van der Waals surface area (Å²) in [6, 6.07) is 8.25. The summed E-state index contributed by atoms with van der Waals surface area (Å²) in [5.74, 6) is -0.101. The predicted molar refractivity (Wildman–Crippen MR) is 67.0 cm³/mol. The van der Waals surface area contributed by atoms with Crippen molar-refractivity contribution in [1.82, 2.24) is 4.40 Å². The van der Waals surface area contributed by atoms with Crippen molar-refractivity contribution in [2.75, 3.05) is 6.61 Å². The first-order chi connectivity index (χ1) is 8.31. The zero-order chi connectivity index (χ0) is 12.1. The molecule has 2 aromatic heterocycles. The maximum Gasteiger partial charge on any atom is 0.305 e. The van der Waals surface area contributed by atoms with Crippen LogP contribution in [0.15, 0.2) is 36.7 Å². The molecule has 90 valence electrons. The van der Waals surface area contributed by atoms with E-state index in [1.807, 2.05) is 25.3 Å². The van der Waals surface area contributed by atoms with Gasteiger partial charge in [-0.1, -0.05) is 6.07 Å². The minimum Gasteiger partial charge on any atom is -0.466 e. The summed E-state index contributed by atoms with van der Waals surface area (Å²) in [7, 11) is 0. The Morgan fingerprint density at radius 1 is 1.29 bits per heavy atom. The topological polar surface area (TPSA) is 30.7 Å². The van der Waals surface area contributed by atoms with E-state index in [2.05, 4.69) is 22.7 Å². The molecule has 0 saturated carbocycles. The molecule has 0 aliphatic heterocycles. The van der Waals surface area contributed by atoms with Gasteiger partial charge in [0.2, 0.25) is 0 Å². The molecule has 0 radical (unpaired) electrons. The number of hydrogen-bond acceptors (Lipinski definition) is 2. The molecule has 0 atom stereocenters. The lowest BCUT2D eigenvalue weighted by atomic mass is 10.1. The van der Waals surface area contributed by atoms with Crippen LogP contribution >= 0.6 is 0 Å². The minimum absolute atomic E-state index is 0.101. The zero-order valence-corrected chi connectivity index (χ0v) is 10.1. The molecule has 2 heterocycles. The van der Waals surface area contributed by atoms with Crippen molar-refractivity contribution in [3.63, 3.8) is 0 Å². The van der Waals surface area contributed by atoms with Gasteiger partial charge in [-0.25, -0.2) is 0 Å². The van der Waals surface area contributed by atoms with Crippen LogP contribution in [0.2, 0.25) is 0 Å². The standard InChI is InChI=1S/C14H17NO2/c1-2-17-14(16)8-5-6-12-9-11-15-10-4-3-7-13(12)15/h3-4,7,9-11H,2,5-6,8H2,1H3. The molecule has 0 amide bonds. The van der Waals surface area contributed by atoms with E-state index in [0.29, 0.717) is 13.0 Å². The lowest BCUT2D eigenvalue weighted by molar-refractivity contribution is -0.143. The third kappa shape index (κ3) is 2.87. The molecule has 0 aliphatic rings. The van der Waals surface area contributed by atoms with Crippen molar-refractivity contribution in [1.29, 1.82) is 0 Å². The van der Waals surface area contributed by atoms with Gasteiger partial charge < -0.3 is 9.14 Å². The fourth-order valence-corrected chi connectivity index (χ4v) is 1.98.